The molecule has 0 aliphatic heterocycles. The van der Waals surface area contributed by atoms with Crippen molar-refractivity contribution in [1.82, 2.24) is 0 Å². The number of rotatable bonds is 0. The first-order valence-corrected chi connectivity index (χ1v) is 0.548. The van der Waals surface area contributed by atoms with Gasteiger partial charge in [-0.3, -0.25) is 0 Å². The molecule has 0 amide bonds. The van der Waals surface area contributed by atoms with E-state index in [9.17, 15) is 0 Å². The molecule has 0 fully saturated rings. The molecule has 0 bridgehead atoms. The van der Waals surface area contributed by atoms with Crippen molar-refractivity contribution >= 4 is 29.6 Å². The van der Waals surface area contributed by atoms with Gasteiger partial charge in [0, 0.05) is 17.1 Å². The first kappa shape index (κ1) is 15.9. The summed E-state index contributed by atoms with van der Waals surface area (Å²) in [5, 5.41) is 14.8. The van der Waals surface area contributed by atoms with E-state index in [0.717, 1.165) is 0 Å². The van der Waals surface area contributed by atoms with Crippen molar-refractivity contribution in [1.29, 1.82) is 0 Å². The molecular weight excluding hydrogens is 141 g/mol. The molecule has 0 saturated carbocycles. The van der Waals surface area contributed by atoms with E-state index in [4.69, 9.17) is 15.3 Å². The van der Waals surface area contributed by atoms with E-state index in [0.29, 0.717) is 0 Å². The molecule has 0 aromatic rings. The van der Waals surface area contributed by atoms with Crippen molar-refractivity contribution in [3.8, 4) is 0 Å². The fourth-order valence-electron chi connectivity index (χ4n) is 0. The van der Waals surface area contributed by atoms with Gasteiger partial charge in [-0.1, -0.05) is 0 Å². The van der Waals surface area contributed by atoms with Crippen molar-refractivity contribution in [2.45, 2.75) is 0 Å². The van der Waals surface area contributed by atoms with E-state index in [1.54, 1.807) is 0 Å². The van der Waals surface area contributed by atoms with Crippen molar-refractivity contribution in [3.05, 3.63) is 15.3 Å². The summed E-state index contributed by atoms with van der Waals surface area (Å²) >= 11 is 0. The van der Waals surface area contributed by atoms with Gasteiger partial charge in [0.1, 0.15) is 0 Å². The third kappa shape index (κ3) is 126. The van der Waals surface area contributed by atoms with Crippen molar-refractivity contribution in [2.24, 2.45) is 0 Å². The molecular formula is HFeNNaO3-. The summed E-state index contributed by atoms with van der Waals surface area (Å²) in [4.78, 5) is 8.25. The van der Waals surface area contributed by atoms with Crippen LogP contribution in [0.3, 0.4) is 0 Å². The van der Waals surface area contributed by atoms with Crippen LogP contribution in [-0.2, 0) is 17.1 Å². The van der Waals surface area contributed by atoms with Gasteiger partial charge in [0.05, 0.1) is 5.09 Å². The fraction of sp³-hybridized carbons (Fsp3) is 0. The predicted molar refractivity (Wildman–Crippen MR) is 17.5 cm³/mol. The van der Waals surface area contributed by atoms with E-state index in [1.165, 1.54) is 0 Å². The van der Waals surface area contributed by atoms with E-state index in [1.807, 2.05) is 0 Å². The molecule has 0 aliphatic rings. The van der Waals surface area contributed by atoms with Crippen LogP contribution in [0.4, 0.5) is 0 Å². The molecule has 6 heavy (non-hydrogen) atoms. The quantitative estimate of drug-likeness (QED) is 0.250. The SMILES string of the molecule is O=[N+]([O-])[O-].[Fe].[NaH]. The van der Waals surface area contributed by atoms with Gasteiger partial charge in [0.15, 0.2) is 0 Å². The second kappa shape index (κ2) is 9.21. The maximum atomic E-state index is 8.25. The average molecular weight is 142 g/mol. The van der Waals surface area contributed by atoms with E-state index in [2.05, 4.69) is 0 Å². The zero-order valence-electron chi connectivity index (χ0n) is 2.03. The molecule has 0 unspecified atom stereocenters. The Labute approximate surface area is 66.8 Å². The molecule has 34 valence electrons. The maximum absolute atomic E-state index is 8.25. The van der Waals surface area contributed by atoms with Gasteiger partial charge in [0.2, 0.25) is 0 Å². The third-order valence-electron chi connectivity index (χ3n) is 0. The van der Waals surface area contributed by atoms with Gasteiger partial charge in [-0.2, -0.15) is 0 Å². The molecule has 0 heterocycles. The number of nitrogens with zero attached hydrogens (tertiary/aromatic N) is 1. The molecule has 0 saturated heterocycles. The summed E-state index contributed by atoms with van der Waals surface area (Å²) in [6, 6.07) is 0. The summed E-state index contributed by atoms with van der Waals surface area (Å²) in [5.74, 6) is 0. The zero-order chi connectivity index (χ0) is 3.58. The van der Waals surface area contributed by atoms with Crippen LogP contribution in [0.5, 0.6) is 0 Å². The molecule has 0 rings (SSSR count). The first-order chi connectivity index (χ1) is 1.73. The normalized spacial score (nSPS) is 4.00. The second-order valence-corrected chi connectivity index (χ2v) is 0.224. The average Bonchev–Trinajstić information content (AvgIpc) is 0.811. The van der Waals surface area contributed by atoms with E-state index in [-0.39, 0.29) is 46.6 Å². The molecule has 0 aromatic carbocycles. The Balaban J connectivity index is -0.0000000450. The molecule has 6 heteroatoms. The van der Waals surface area contributed by atoms with Gasteiger partial charge in [0.25, 0.3) is 0 Å². The van der Waals surface area contributed by atoms with Gasteiger partial charge < -0.3 is 15.3 Å². The third-order valence-corrected chi connectivity index (χ3v) is 0. The molecule has 0 aromatic heterocycles. The summed E-state index contributed by atoms with van der Waals surface area (Å²) < 4.78 is 0. The van der Waals surface area contributed by atoms with E-state index >= 15 is 0 Å². The van der Waals surface area contributed by atoms with Gasteiger partial charge in [-0.25, -0.2) is 0 Å². The monoisotopic (exact) mass is 142 g/mol. The minimum absolute atomic E-state index is 0. The van der Waals surface area contributed by atoms with Crippen LogP contribution in [-0.4, -0.2) is 34.6 Å². The van der Waals surface area contributed by atoms with Crippen molar-refractivity contribution in [2.75, 3.05) is 0 Å². The van der Waals surface area contributed by atoms with Crippen LogP contribution in [0.15, 0.2) is 0 Å². The molecule has 0 atom stereocenters. The topological polar surface area (TPSA) is 66.2 Å². The summed E-state index contributed by atoms with van der Waals surface area (Å²) in [7, 11) is 0. The van der Waals surface area contributed by atoms with Crippen LogP contribution >= 0.6 is 0 Å². The summed E-state index contributed by atoms with van der Waals surface area (Å²) in [6.07, 6.45) is 0. The molecule has 4 nitrogen and oxygen atoms in total. The first-order valence-electron chi connectivity index (χ1n) is 0.548. The molecule has 0 N–H and O–H groups in total. The fourth-order valence-corrected chi connectivity index (χ4v) is 0. The number of hydrogen-bond donors (Lipinski definition) is 0. The Bertz CT molecular complexity index is 33.8. The Morgan fingerprint density at radius 2 is 1.33 bits per heavy atom. The zero-order valence-corrected chi connectivity index (χ0v) is 3.13. The van der Waals surface area contributed by atoms with Gasteiger partial charge >= 0.3 is 29.6 Å². The summed E-state index contributed by atoms with van der Waals surface area (Å²) in [5.41, 5.74) is 0. The second-order valence-electron chi connectivity index (χ2n) is 0.224. The Kier molecular flexibility index (Phi) is 24.4. The van der Waals surface area contributed by atoms with Crippen LogP contribution in [0, 0.1) is 15.3 Å². The molecule has 0 aliphatic carbocycles. The van der Waals surface area contributed by atoms with Crippen LogP contribution in [0.2, 0.25) is 0 Å². The Morgan fingerprint density at radius 3 is 1.33 bits per heavy atom. The van der Waals surface area contributed by atoms with Crippen LogP contribution in [0.25, 0.3) is 0 Å². The van der Waals surface area contributed by atoms with Crippen LogP contribution < -0.4 is 0 Å². The van der Waals surface area contributed by atoms with Crippen LogP contribution in [0.1, 0.15) is 0 Å². The van der Waals surface area contributed by atoms with Gasteiger partial charge in [-0.15, -0.1) is 0 Å². The van der Waals surface area contributed by atoms with Crippen molar-refractivity contribution in [3.63, 3.8) is 0 Å². The standard InChI is InChI=1S/Fe.NO3.Na.H/c;2-1(3)4;;/q;-1;;. The molecule has 0 spiro atoms. The summed E-state index contributed by atoms with van der Waals surface area (Å²) in [6.45, 7) is 0. The predicted octanol–water partition coefficient (Wildman–Crippen LogP) is -0.890. The molecule has 0 radical (unpaired) electrons. The Hall–Kier alpha value is 0.719. The number of hydrogen-bond acceptors (Lipinski definition) is 3. The minimum atomic E-state index is -1.75. The van der Waals surface area contributed by atoms with E-state index < -0.39 is 5.09 Å². The van der Waals surface area contributed by atoms with Crippen molar-refractivity contribution < 1.29 is 22.2 Å². The van der Waals surface area contributed by atoms with Gasteiger partial charge in [-0.05, 0) is 0 Å². The Morgan fingerprint density at radius 1 is 1.33 bits per heavy atom.